The molecule has 3 rings (SSSR count). The first kappa shape index (κ1) is 21.0. The number of hydrogen-bond acceptors (Lipinski definition) is 4. The lowest BCUT2D eigenvalue weighted by Gasteiger charge is -2.19. The van der Waals surface area contributed by atoms with Crippen LogP contribution in [0.1, 0.15) is 36.7 Å². The van der Waals surface area contributed by atoms with Crippen molar-refractivity contribution >= 4 is 17.5 Å². The van der Waals surface area contributed by atoms with Gasteiger partial charge in [0.2, 0.25) is 0 Å². The van der Waals surface area contributed by atoms with E-state index in [0.29, 0.717) is 17.3 Å². The number of rotatable bonds is 7. The van der Waals surface area contributed by atoms with Gasteiger partial charge in [0.1, 0.15) is 5.82 Å². The normalized spacial score (nSPS) is 11.4. The fourth-order valence-corrected chi connectivity index (χ4v) is 3.71. The summed E-state index contributed by atoms with van der Waals surface area (Å²) in [7, 11) is 0. The van der Waals surface area contributed by atoms with E-state index < -0.39 is 0 Å². The number of carbonyl (C=O) groups excluding carboxylic acids is 1. The Balaban J connectivity index is 1.80. The van der Waals surface area contributed by atoms with Gasteiger partial charge in [-0.1, -0.05) is 62.9 Å². The van der Waals surface area contributed by atoms with Crippen LogP contribution in [0, 0.1) is 5.82 Å². The van der Waals surface area contributed by atoms with Gasteiger partial charge in [0.15, 0.2) is 16.8 Å². The minimum Gasteiger partial charge on any atom is -0.298 e. The number of hydrogen-bond donors (Lipinski definition) is 0. The topological polar surface area (TPSA) is 47.8 Å². The fraction of sp³-hybridized carbons (Fsp3) is 0.261. The van der Waals surface area contributed by atoms with Gasteiger partial charge in [-0.05, 0) is 35.2 Å². The number of thioether (sulfide) groups is 1. The quantitative estimate of drug-likeness (QED) is 0.292. The number of nitrogens with zero attached hydrogens (tertiary/aromatic N) is 3. The van der Waals surface area contributed by atoms with Crippen LogP contribution in [0.3, 0.4) is 0 Å². The summed E-state index contributed by atoms with van der Waals surface area (Å²) in [6.45, 7) is 10.9. The molecule has 0 bridgehead atoms. The zero-order chi connectivity index (χ0) is 21.0. The predicted molar refractivity (Wildman–Crippen MR) is 116 cm³/mol. The van der Waals surface area contributed by atoms with Crippen LogP contribution in [-0.4, -0.2) is 26.3 Å². The van der Waals surface area contributed by atoms with Gasteiger partial charge in [-0.3, -0.25) is 9.36 Å². The molecule has 0 N–H and O–H groups in total. The van der Waals surface area contributed by atoms with Gasteiger partial charge in [0.25, 0.3) is 0 Å². The largest absolute Gasteiger partial charge is 0.298 e. The van der Waals surface area contributed by atoms with E-state index in [0.717, 1.165) is 11.4 Å². The summed E-state index contributed by atoms with van der Waals surface area (Å²) in [5, 5.41) is 9.27. The van der Waals surface area contributed by atoms with Crippen molar-refractivity contribution in [3.8, 4) is 11.4 Å². The predicted octanol–water partition coefficient (Wildman–Crippen LogP) is 5.54. The van der Waals surface area contributed by atoms with E-state index in [1.807, 2.05) is 16.7 Å². The van der Waals surface area contributed by atoms with Gasteiger partial charge in [-0.15, -0.1) is 16.8 Å². The Bertz CT molecular complexity index is 1000. The molecule has 0 saturated heterocycles. The zero-order valence-corrected chi connectivity index (χ0v) is 17.7. The minimum atomic E-state index is -0.359. The molecular formula is C23H24FN3OS. The summed E-state index contributed by atoms with van der Waals surface area (Å²) < 4.78 is 15.0. The van der Waals surface area contributed by atoms with Crippen molar-refractivity contribution in [3.05, 3.63) is 78.1 Å². The molecule has 0 aliphatic rings. The molecule has 0 fully saturated rings. The summed E-state index contributed by atoms with van der Waals surface area (Å²) >= 11 is 1.32. The Kier molecular flexibility index (Phi) is 6.33. The van der Waals surface area contributed by atoms with Gasteiger partial charge in [0.05, 0.1) is 5.75 Å². The second-order valence-electron chi connectivity index (χ2n) is 7.75. The van der Waals surface area contributed by atoms with Crippen LogP contribution in [0.5, 0.6) is 0 Å². The maximum Gasteiger partial charge on any atom is 0.192 e. The van der Waals surface area contributed by atoms with Crippen LogP contribution in [0.4, 0.5) is 4.39 Å². The van der Waals surface area contributed by atoms with E-state index >= 15 is 0 Å². The van der Waals surface area contributed by atoms with Crippen molar-refractivity contribution in [2.75, 3.05) is 5.75 Å². The van der Waals surface area contributed by atoms with Gasteiger partial charge in [-0.2, -0.15) is 0 Å². The number of halogens is 1. The van der Waals surface area contributed by atoms with Crippen LogP contribution in [0.25, 0.3) is 11.4 Å². The molecule has 1 aromatic heterocycles. The lowest BCUT2D eigenvalue weighted by atomic mass is 9.87. The van der Waals surface area contributed by atoms with E-state index in [1.165, 1.54) is 41.6 Å². The molecule has 3 aromatic rings. The number of allylic oxidation sites excluding steroid dienone is 1. The highest BCUT2D eigenvalue weighted by Crippen LogP contribution is 2.28. The van der Waals surface area contributed by atoms with Crippen LogP contribution >= 0.6 is 11.8 Å². The highest BCUT2D eigenvalue weighted by atomic mass is 32.2. The SMILES string of the molecule is C=CCn1c(SCC(=O)c2ccc(F)cc2)nnc1-c1ccc(C(C)(C)C)cc1. The van der Waals surface area contributed by atoms with E-state index in [-0.39, 0.29) is 22.8 Å². The molecule has 0 amide bonds. The van der Waals surface area contributed by atoms with Crippen molar-refractivity contribution in [2.24, 2.45) is 0 Å². The molecule has 0 aliphatic carbocycles. The van der Waals surface area contributed by atoms with Gasteiger partial charge < -0.3 is 0 Å². The Labute approximate surface area is 174 Å². The van der Waals surface area contributed by atoms with Crippen molar-refractivity contribution in [1.29, 1.82) is 0 Å². The Morgan fingerprint density at radius 1 is 1.10 bits per heavy atom. The molecule has 0 atom stereocenters. The standard InChI is InChI=1S/C23H24FN3OS/c1-5-14-27-21(17-6-10-18(11-7-17)23(2,3)4)25-26-22(27)29-15-20(28)16-8-12-19(24)13-9-16/h5-13H,1,14-15H2,2-4H3. The molecule has 6 heteroatoms. The lowest BCUT2D eigenvalue weighted by Crippen LogP contribution is -2.10. The minimum absolute atomic E-state index is 0.0784. The lowest BCUT2D eigenvalue weighted by molar-refractivity contribution is 0.102. The van der Waals surface area contributed by atoms with Gasteiger partial charge in [0, 0.05) is 17.7 Å². The summed E-state index contributed by atoms with van der Waals surface area (Å²) in [6.07, 6.45) is 1.78. The first-order valence-corrected chi connectivity index (χ1v) is 10.3. The van der Waals surface area contributed by atoms with Crippen molar-refractivity contribution in [2.45, 2.75) is 37.9 Å². The van der Waals surface area contributed by atoms with E-state index in [1.54, 1.807) is 6.08 Å². The number of carbonyl (C=O) groups is 1. The molecular weight excluding hydrogens is 385 g/mol. The van der Waals surface area contributed by atoms with Crippen LogP contribution < -0.4 is 0 Å². The second-order valence-corrected chi connectivity index (χ2v) is 8.69. The third-order valence-corrected chi connectivity index (χ3v) is 5.50. The molecule has 4 nitrogen and oxygen atoms in total. The van der Waals surface area contributed by atoms with Gasteiger partial charge >= 0.3 is 0 Å². The second kappa shape index (κ2) is 8.74. The molecule has 0 unspecified atom stereocenters. The Morgan fingerprint density at radius 3 is 2.34 bits per heavy atom. The molecule has 0 saturated carbocycles. The Hall–Kier alpha value is -2.73. The number of ketones is 1. The highest BCUT2D eigenvalue weighted by molar-refractivity contribution is 7.99. The summed E-state index contributed by atoms with van der Waals surface area (Å²) in [4.78, 5) is 12.4. The first-order chi connectivity index (χ1) is 13.8. The van der Waals surface area contributed by atoms with Gasteiger partial charge in [-0.25, -0.2) is 4.39 Å². The molecule has 0 spiro atoms. The van der Waals surface area contributed by atoms with E-state index in [9.17, 15) is 9.18 Å². The van der Waals surface area contributed by atoms with E-state index in [2.05, 4.69) is 49.7 Å². The van der Waals surface area contributed by atoms with Crippen LogP contribution in [-0.2, 0) is 12.0 Å². The van der Waals surface area contributed by atoms with Crippen LogP contribution in [0.2, 0.25) is 0 Å². The third kappa shape index (κ3) is 5.01. The highest BCUT2D eigenvalue weighted by Gasteiger charge is 2.17. The molecule has 1 heterocycles. The van der Waals surface area contributed by atoms with Crippen molar-refractivity contribution in [1.82, 2.24) is 14.8 Å². The zero-order valence-electron chi connectivity index (χ0n) is 16.9. The monoisotopic (exact) mass is 409 g/mol. The number of Topliss-reactive ketones (excluding diaryl/α,β-unsaturated/α-hetero) is 1. The summed E-state index contributed by atoms with van der Waals surface area (Å²) in [6, 6.07) is 13.9. The van der Waals surface area contributed by atoms with Crippen molar-refractivity contribution in [3.63, 3.8) is 0 Å². The molecule has 0 aliphatic heterocycles. The number of aromatic nitrogens is 3. The molecule has 29 heavy (non-hydrogen) atoms. The van der Waals surface area contributed by atoms with E-state index in [4.69, 9.17) is 0 Å². The maximum atomic E-state index is 13.0. The summed E-state index contributed by atoms with van der Waals surface area (Å²) in [5.41, 5.74) is 2.76. The molecule has 150 valence electrons. The molecule has 2 aromatic carbocycles. The smallest absolute Gasteiger partial charge is 0.192 e. The maximum absolute atomic E-state index is 13.0. The average Bonchev–Trinajstić information content (AvgIpc) is 3.09. The average molecular weight is 410 g/mol. The Morgan fingerprint density at radius 2 is 1.76 bits per heavy atom. The molecule has 0 radical (unpaired) electrons. The van der Waals surface area contributed by atoms with Crippen LogP contribution in [0.15, 0.2) is 66.3 Å². The van der Waals surface area contributed by atoms with Crippen molar-refractivity contribution < 1.29 is 9.18 Å². The summed E-state index contributed by atoms with van der Waals surface area (Å²) in [5.74, 6) is 0.493. The fourth-order valence-electron chi connectivity index (χ4n) is 2.87. The first-order valence-electron chi connectivity index (χ1n) is 9.36. The third-order valence-electron chi connectivity index (χ3n) is 4.54. The number of benzene rings is 2.